The lowest BCUT2D eigenvalue weighted by molar-refractivity contribution is -0.385. The van der Waals surface area contributed by atoms with Gasteiger partial charge in [-0.05, 0) is 6.07 Å². The van der Waals surface area contributed by atoms with Crippen LogP contribution in [0, 0.1) is 10.1 Å². The number of rotatable bonds is 3. The Morgan fingerprint density at radius 3 is 2.12 bits per heavy atom. The largest absolute Gasteiger partial charge is 0.502 e. The van der Waals surface area contributed by atoms with Crippen molar-refractivity contribution in [3.8, 4) is 5.75 Å². The van der Waals surface area contributed by atoms with Crippen molar-refractivity contribution in [2.75, 3.05) is 0 Å². The molecule has 1 aromatic carbocycles. The molecule has 4 nitrogen and oxygen atoms in total. The lowest BCUT2D eigenvalue weighted by Gasteiger charge is -1.91. The van der Waals surface area contributed by atoms with E-state index in [0.29, 0.717) is 0 Å². The average molecular weight is 260 g/mol. The Balaban J connectivity index is 0.000000325. The summed E-state index contributed by atoms with van der Waals surface area (Å²) in [6.45, 7) is 4.32. The van der Waals surface area contributed by atoms with E-state index in [1.54, 1.807) is 0 Å². The Morgan fingerprint density at radius 2 is 1.88 bits per heavy atom. The molecular weight excluding hydrogens is 245 g/mol. The smallest absolute Gasteiger partial charge is 0.399 e. The van der Waals surface area contributed by atoms with E-state index in [9.17, 15) is 10.1 Å². The quantitative estimate of drug-likeness (QED) is 0.513. The summed E-state index contributed by atoms with van der Waals surface area (Å²) in [6.07, 6.45) is 0. The standard InChI is InChI=1S/C6H5NO3.2C2H5.Al.ClH/c8-6-4-2-1-3-5(6)7(9)10;2*1-2;;/h1-4,8H;2*1H2,2H3;;1H/q;;;+1;/p-1. The number of nitrogens with zero attached hydrogens (tertiary/aromatic N) is 1. The summed E-state index contributed by atoms with van der Waals surface area (Å²) in [4.78, 5) is 9.44. The van der Waals surface area contributed by atoms with Gasteiger partial charge in [0.1, 0.15) is 0 Å². The highest BCUT2D eigenvalue weighted by Gasteiger charge is 2.09. The number of halogens is 1. The maximum Gasteiger partial charge on any atom is 0.399 e. The van der Waals surface area contributed by atoms with Crippen molar-refractivity contribution >= 4 is 29.0 Å². The number of hydrogen-bond donors (Lipinski definition) is 1. The molecule has 0 aromatic heterocycles. The van der Waals surface area contributed by atoms with Crippen molar-refractivity contribution in [2.45, 2.75) is 24.4 Å². The predicted octanol–water partition coefficient (Wildman–Crippen LogP) is 3.56. The molecule has 6 heteroatoms. The normalized spacial score (nSPS) is 8.94. The number of nitro benzene ring substituents is 1. The van der Waals surface area contributed by atoms with E-state index in [1.165, 1.54) is 34.8 Å². The van der Waals surface area contributed by atoms with Crippen LogP contribution < -0.4 is 0 Å². The van der Waals surface area contributed by atoms with E-state index in [2.05, 4.69) is 13.8 Å². The Labute approximate surface area is 104 Å². The third-order valence-corrected chi connectivity index (χ3v) is 5.59. The SMILES string of the molecule is C[CH2][Al]([Cl])[CH2]C.O=[N+]([O-])c1ccccc1O. The summed E-state index contributed by atoms with van der Waals surface area (Å²) in [6, 6.07) is 5.55. The summed E-state index contributed by atoms with van der Waals surface area (Å²) in [7, 11) is 5.79. The van der Waals surface area contributed by atoms with Crippen LogP contribution in [0.2, 0.25) is 10.6 Å². The maximum absolute atomic E-state index is 10.1. The van der Waals surface area contributed by atoms with Gasteiger partial charge in [-0.3, -0.25) is 20.2 Å². The van der Waals surface area contributed by atoms with Gasteiger partial charge in [0.25, 0.3) is 0 Å². The zero-order chi connectivity index (χ0) is 12.6. The van der Waals surface area contributed by atoms with Gasteiger partial charge >= 0.3 is 18.9 Å². The van der Waals surface area contributed by atoms with Crippen LogP contribution in [0.5, 0.6) is 5.75 Å². The molecular formula is C10H15AlClNO3. The van der Waals surface area contributed by atoms with Crippen molar-refractivity contribution in [3.05, 3.63) is 34.4 Å². The molecule has 88 valence electrons. The fourth-order valence-corrected chi connectivity index (χ4v) is 1.48. The van der Waals surface area contributed by atoms with Crippen LogP contribution in [-0.4, -0.2) is 23.3 Å². The molecule has 0 saturated heterocycles. The van der Waals surface area contributed by atoms with Gasteiger partial charge in [0, 0.05) is 6.07 Å². The van der Waals surface area contributed by atoms with Crippen LogP contribution in [0.15, 0.2) is 24.3 Å². The van der Waals surface area contributed by atoms with Crippen molar-refractivity contribution < 1.29 is 10.0 Å². The molecule has 1 N–H and O–H groups in total. The van der Waals surface area contributed by atoms with Gasteiger partial charge in [-0.1, -0.05) is 36.5 Å². The first-order valence-corrected chi connectivity index (χ1v) is 8.47. The van der Waals surface area contributed by atoms with Gasteiger partial charge in [0.05, 0.1) is 4.92 Å². The van der Waals surface area contributed by atoms with E-state index in [1.807, 2.05) is 0 Å². The molecule has 1 aromatic rings. The molecule has 1 rings (SSSR count). The number of phenolic OH excluding ortho intramolecular Hbond substituents is 1. The van der Waals surface area contributed by atoms with Gasteiger partial charge < -0.3 is 5.11 Å². The third-order valence-electron chi connectivity index (χ3n) is 1.96. The molecule has 0 fully saturated rings. The molecule has 0 heterocycles. The number of phenols is 1. The minimum Gasteiger partial charge on any atom is -0.502 e. The zero-order valence-electron chi connectivity index (χ0n) is 9.39. The molecule has 0 amide bonds. The summed E-state index contributed by atoms with van der Waals surface area (Å²) in [5.74, 6) is -0.299. The molecule has 0 spiro atoms. The minimum absolute atomic E-state index is 0.262. The zero-order valence-corrected chi connectivity index (χ0v) is 11.3. The Kier molecular flexibility index (Phi) is 8.00. The summed E-state index contributed by atoms with van der Waals surface area (Å²) < 4.78 is 0. The number of aromatic hydroxyl groups is 1. The second kappa shape index (κ2) is 8.40. The summed E-state index contributed by atoms with van der Waals surface area (Å²) >= 11 is -0.688. The van der Waals surface area contributed by atoms with Crippen molar-refractivity contribution in [2.24, 2.45) is 0 Å². The van der Waals surface area contributed by atoms with E-state index in [-0.39, 0.29) is 11.4 Å². The highest BCUT2D eigenvalue weighted by Crippen LogP contribution is 2.23. The Hall–Kier alpha value is -0.758. The Morgan fingerprint density at radius 1 is 1.38 bits per heavy atom. The average Bonchev–Trinajstić information content (AvgIpc) is 2.29. The number of para-hydroxylation sites is 2. The number of nitro groups is 1. The van der Waals surface area contributed by atoms with Crippen LogP contribution in [0.1, 0.15) is 13.8 Å². The molecule has 0 bridgehead atoms. The predicted molar refractivity (Wildman–Crippen MR) is 67.3 cm³/mol. The maximum atomic E-state index is 10.1. The fraction of sp³-hybridized carbons (Fsp3) is 0.400. The highest BCUT2D eigenvalue weighted by atomic mass is 35.6. The van der Waals surface area contributed by atoms with E-state index in [4.69, 9.17) is 15.2 Å². The highest BCUT2D eigenvalue weighted by molar-refractivity contribution is 7.06. The first kappa shape index (κ1) is 15.2. The summed E-state index contributed by atoms with van der Waals surface area (Å²) in [5, 5.41) is 21.4. The third kappa shape index (κ3) is 5.96. The molecule has 0 atom stereocenters. The Bertz CT molecular complexity index is 332. The second-order valence-electron chi connectivity index (χ2n) is 3.16. The van der Waals surface area contributed by atoms with Crippen molar-refractivity contribution in [1.82, 2.24) is 0 Å². The molecule has 0 aliphatic heterocycles. The first-order chi connectivity index (χ1) is 7.52. The lowest BCUT2D eigenvalue weighted by Crippen LogP contribution is -1.95. The van der Waals surface area contributed by atoms with Gasteiger partial charge in [0.15, 0.2) is 5.75 Å². The fourth-order valence-electron chi connectivity index (χ4n) is 0.907. The first-order valence-electron chi connectivity index (χ1n) is 5.09. The molecule has 0 aliphatic rings. The van der Waals surface area contributed by atoms with Gasteiger partial charge in [-0.15, -0.1) is 0 Å². The number of benzene rings is 1. The van der Waals surface area contributed by atoms with Gasteiger partial charge in [-0.2, -0.15) is 0 Å². The lowest BCUT2D eigenvalue weighted by atomic mass is 10.3. The molecule has 16 heavy (non-hydrogen) atoms. The van der Waals surface area contributed by atoms with Crippen LogP contribution in [0.3, 0.4) is 0 Å². The summed E-state index contributed by atoms with van der Waals surface area (Å²) in [5.41, 5.74) is -0.262. The van der Waals surface area contributed by atoms with Crippen LogP contribution in [-0.2, 0) is 0 Å². The van der Waals surface area contributed by atoms with E-state index < -0.39 is 18.2 Å². The topological polar surface area (TPSA) is 63.4 Å². The molecule has 0 radical (unpaired) electrons. The molecule has 0 aliphatic carbocycles. The van der Waals surface area contributed by atoms with Crippen molar-refractivity contribution in [1.29, 1.82) is 0 Å². The van der Waals surface area contributed by atoms with E-state index >= 15 is 0 Å². The second-order valence-corrected chi connectivity index (χ2v) is 7.84. The number of hydrogen-bond acceptors (Lipinski definition) is 3. The van der Waals surface area contributed by atoms with Gasteiger partial charge in [-0.25, -0.2) is 0 Å². The van der Waals surface area contributed by atoms with E-state index in [0.717, 1.165) is 0 Å². The van der Waals surface area contributed by atoms with Crippen molar-refractivity contribution in [3.63, 3.8) is 0 Å². The van der Waals surface area contributed by atoms with Crippen LogP contribution in [0.25, 0.3) is 0 Å². The molecule has 0 unspecified atom stereocenters. The van der Waals surface area contributed by atoms with Gasteiger partial charge in [0.2, 0.25) is 0 Å². The van der Waals surface area contributed by atoms with Crippen LogP contribution in [0.4, 0.5) is 5.69 Å². The minimum atomic E-state index is -0.688. The monoisotopic (exact) mass is 259 g/mol. The molecule has 0 saturated carbocycles. The van der Waals surface area contributed by atoms with Crippen LogP contribution >= 0.6 is 10.0 Å².